The van der Waals surface area contributed by atoms with Gasteiger partial charge in [-0.2, -0.15) is 0 Å². The zero-order valence-electron chi connectivity index (χ0n) is 83.4. The van der Waals surface area contributed by atoms with E-state index in [1.54, 1.807) is 37.3 Å². The summed E-state index contributed by atoms with van der Waals surface area (Å²) in [5.74, 6) is 7.87. The Hall–Kier alpha value is -15.3. The number of aryl methyl sites for hydroxylation is 5. The normalized spacial score (nSPS) is 17.6. The molecular formula is C117H126N20O8. The monoisotopic (exact) mass is 1940 g/mol. The Labute approximate surface area is 844 Å². The van der Waals surface area contributed by atoms with E-state index in [0.29, 0.717) is 105 Å². The molecule has 145 heavy (non-hydrogen) atoms. The predicted molar refractivity (Wildman–Crippen MR) is 582 cm³/mol. The summed E-state index contributed by atoms with van der Waals surface area (Å²) in [6, 6.07) is 82.4. The molecule has 12 aromatic carbocycles. The van der Waals surface area contributed by atoms with Gasteiger partial charge in [0.15, 0.2) is 34.9 Å². The average Bonchev–Trinajstić information content (AvgIpc) is 1.73. The van der Waals surface area contributed by atoms with Gasteiger partial charge in [0.05, 0.1) is 66.6 Å². The molecule has 28 heteroatoms. The number of rotatable bonds is 22. The molecule has 5 fully saturated rings. The Balaban J connectivity index is 0.000000119. The number of hydrogen-bond donors (Lipinski definition) is 17. The maximum absolute atomic E-state index is 11.6. The fourth-order valence-electron chi connectivity index (χ4n) is 19.0. The van der Waals surface area contributed by atoms with Crippen molar-refractivity contribution >= 4 is 89.4 Å². The van der Waals surface area contributed by atoms with Crippen molar-refractivity contribution in [3.8, 4) is 108 Å². The molecule has 28 nitrogen and oxygen atoms in total. The number of para-hydroxylation sites is 4. The van der Waals surface area contributed by atoms with Crippen LogP contribution >= 0.6 is 0 Å². The second-order valence-electron chi connectivity index (χ2n) is 39.8. The Morgan fingerprint density at radius 3 is 1.01 bits per heavy atom. The Morgan fingerprint density at radius 2 is 0.655 bits per heavy atom. The summed E-state index contributed by atoms with van der Waals surface area (Å²) in [6.07, 6.45) is 4.57. The van der Waals surface area contributed by atoms with Crippen LogP contribution in [0.4, 0.5) is 29.1 Å². The minimum absolute atomic E-state index is 0.0324. The molecule has 5 aliphatic heterocycles. The smallest absolute Gasteiger partial charge is 0.165 e. The van der Waals surface area contributed by atoms with Crippen LogP contribution in [0.15, 0.2) is 255 Å². The molecule has 0 radical (unpaired) electrons. The largest absolute Gasteiger partial charge is 0.507 e. The van der Waals surface area contributed by atoms with E-state index in [1.165, 1.54) is 5.56 Å². The summed E-state index contributed by atoms with van der Waals surface area (Å²) in [5, 5.41) is 112. The number of hydrogen-bond acceptors (Lipinski definition) is 28. The van der Waals surface area contributed by atoms with E-state index >= 15 is 0 Å². The molecule has 0 amide bonds. The number of aromatic nitrogens is 10. The SMILES string of the molecule is CC(=O)c1ccc(-c2ccc(O)c(-c3nc(N[C@H]4CCNC4)c4ccccc4n3)c2)cc1.Cc1ccc(-c2ccc(O)c(-c3nc(N[C@H]4CCNC4)c4ccccc4n3)c2)cc1.Cc1ccc(O)c(-c2nc(NC3CNC[C@H]3C(C)(C)O)c3ccccc3n2)c1.Cc1ccc(O)c(-c2nc(NC3CNC[C@H]3C)c3ccccc3n2)c1.Cc1ccc(O)c(-c2nc(N[C@H]3CCNC3)c3ccc(CCC(C)(C)O)cc3n2)c1. The van der Waals surface area contributed by atoms with Gasteiger partial charge in [-0.15, -0.1) is 0 Å². The van der Waals surface area contributed by atoms with E-state index in [9.17, 15) is 40.5 Å². The molecule has 22 rings (SSSR count). The van der Waals surface area contributed by atoms with Gasteiger partial charge >= 0.3 is 0 Å². The van der Waals surface area contributed by atoms with E-state index in [4.69, 9.17) is 39.9 Å². The fraction of sp³-hybridized carbons (Fsp3) is 0.291. The van der Waals surface area contributed by atoms with Crippen molar-refractivity contribution in [2.45, 2.75) is 143 Å². The summed E-state index contributed by atoms with van der Waals surface area (Å²) in [7, 11) is 0. The zero-order chi connectivity index (χ0) is 101. The topological polar surface area (TPSA) is 408 Å². The Bertz CT molecular complexity index is 7530. The van der Waals surface area contributed by atoms with Gasteiger partial charge in [-0.25, -0.2) is 49.8 Å². The van der Waals surface area contributed by atoms with E-state index in [1.807, 2.05) is 230 Å². The first-order valence-corrected chi connectivity index (χ1v) is 49.9. The molecule has 2 unspecified atom stereocenters. The summed E-state index contributed by atoms with van der Waals surface area (Å²) in [4.78, 5) is 59.2. The number of phenolic OH excluding ortho intramolecular Hbond substituents is 5. The van der Waals surface area contributed by atoms with Crippen molar-refractivity contribution in [3.63, 3.8) is 0 Å². The first kappa shape index (κ1) is 99.9. The molecule has 5 saturated heterocycles. The van der Waals surface area contributed by atoms with Crippen LogP contribution in [0.1, 0.15) is 105 Å². The number of nitrogens with one attached hydrogen (secondary N) is 10. The number of phenols is 5. The lowest BCUT2D eigenvalue weighted by atomic mass is 9.87. The van der Waals surface area contributed by atoms with Gasteiger partial charge in [0.1, 0.15) is 57.8 Å². The highest BCUT2D eigenvalue weighted by Crippen LogP contribution is 2.42. The number of ketones is 1. The van der Waals surface area contributed by atoms with Crippen molar-refractivity contribution in [1.82, 2.24) is 76.4 Å². The molecule has 17 aromatic rings. The van der Waals surface area contributed by atoms with Crippen LogP contribution in [0, 0.1) is 39.5 Å². The van der Waals surface area contributed by atoms with Crippen LogP contribution in [0.25, 0.3) is 134 Å². The standard InChI is InChI=1S/C26H24N4O2.C25H24N4O.C24H30N4O2.C22H26N4O2.C20H22N4O/c1-16(31)17-6-8-18(9-7-17)19-10-11-24(32)22(14-19)26-29-23-5-3-2-4-21(23)25(30-26)28-20-12-13-27-15-20;1-16-6-8-17(9-7-16)18-10-11-23(30)21(14-18)25-28-22-5-3-2-4-20(22)24(29-25)27-19-12-13-26-15-19;1-15-4-7-21(29)19(12-15)23-27-20-13-16(8-10-24(2,3)30)5-6-18(20)22(28-23)26-17-9-11-25-14-17;1-13-8-9-19(27)15(10-13)21-24-17-7-5-4-6-14(17)20(26-21)25-18-12-23-11-16(18)22(2,3)28;1-12-7-8-18(25)15(9-12)20-22-16-6-4-3-5-14(16)19(24-20)23-17-11-21-10-13(17)2/h2-11,14,20,27,32H,12-13,15H2,1H3,(H,28,29,30);2-11,14,19,26,30H,12-13,15H2,1H3,(H,27,28,29);4-7,12-13,17,25,29-30H,8-11,14H2,1-3H3,(H,26,27,28);4-10,16,18,23,27-28H,11-12H2,1-3H3,(H,24,25,26);3-9,13,17,21,25H,10-11H2,1-2H3,(H,22,23,24)/t20-;19-;17-;16-,18?;13-,17?/m00011/s1. The van der Waals surface area contributed by atoms with Crippen molar-refractivity contribution in [2.24, 2.45) is 11.8 Å². The van der Waals surface area contributed by atoms with E-state index in [0.717, 1.165) is 213 Å². The number of carbonyl (C=O) groups excluding carboxylic acids is 1. The molecule has 0 saturated carbocycles. The molecule has 0 aliphatic carbocycles. The van der Waals surface area contributed by atoms with E-state index in [2.05, 4.69) is 119 Å². The molecule has 17 N–H and O–H groups in total. The van der Waals surface area contributed by atoms with Gasteiger partial charge in [-0.1, -0.05) is 163 Å². The molecule has 10 heterocycles. The molecular weight excluding hydrogens is 1810 g/mol. The van der Waals surface area contributed by atoms with Gasteiger partial charge < -0.3 is 88.9 Å². The molecule has 742 valence electrons. The minimum atomic E-state index is -0.804. The van der Waals surface area contributed by atoms with Crippen LogP contribution in [0.3, 0.4) is 0 Å². The number of carbonyl (C=O) groups is 1. The molecule has 7 atom stereocenters. The number of aliphatic hydroxyl groups is 2. The van der Waals surface area contributed by atoms with Crippen LogP contribution in [0.2, 0.25) is 0 Å². The maximum atomic E-state index is 11.6. The predicted octanol–water partition coefficient (Wildman–Crippen LogP) is 19.6. The van der Waals surface area contributed by atoms with E-state index in [-0.39, 0.29) is 46.5 Å². The summed E-state index contributed by atoms with van der Waals surface area (Å²) in [5.41, 5.74) is 15.9. The fourth-order valence-corrected chi connectivity index (χ4v) is 19.0. The molecule has 5 aromatic heterocycles. The first-order chi connectivity index (χ1) is 70.0. The average molecular weight is 1940 g/mol. The number of Topliss-reactive ketones (excluding diaryl/α,β-unsaturated/α-hetero) is 1. The third-order valence-corrected chi connectivity index (χ3v) is 27.3. The van der Waals surface area contributed by atoms with Crippen molar-refractivity contribution in [1.29, 1.82) is 0 Å². The van der Waals surface area contributed by atoms with Crippen molar-refractivity contribution < 1.29 is 40.5 Å². The highest BCUT2D eigenvalue weighted by atomic mass is 16.3. The van der Waals surface area contributed by atoms with Gasteiger partial charge in [0.2, 0.25) is 0 Å². The van der Waals surface area contributed by atoms with Gasteiger partial charge in [-0.3, -0.25) is 4.79 Å². The van der Waals surface area contributed by atoms with Gasteiger partial charge in [0.25, 0.3) is 0 Å². The zero-order valence-corrected chi connectivity index (χ0v) is 83.4. The van der Waals surface area contributed by atoms with E-state index < -0.39 is 11.2 Å². The highest BCUT2D eigenvalue weighted by molar-refractivity contribution is 5.97. The maximum Gasteiger partial charge on any atom is 0.165 e. The Kier molecular flexibility index (Phi) is 30.5. The van der Waals surface area contributed by atoms with Gasteiger partial charge in [-0.05, 0) is 276 Å². The third kappa shape index (κ3) is 24.3. The lowest BCUT2D eigenvalue weighted by Crippen LogP contribution is -2.42. The summed E-state index contributed by atoms with van der Waals surface area (Å²) >= 11 is 0. The lowest BCUT2D eigenvalue weighted by Gasteiger charge is -2.31. The molecule has 0 bridgehead atoms. The first-order valence-electron chi connectivity index (χ1n) is 49.9. The highest BCUT2D eigenvalue weighted by Gasteiger charge is 2.39. The third-order valence-electron chi connectivity index (χ3n) is 27.3. The Morgan fingerprint density at radius 1 is 0.331 bits per heavy atom. The summed E-state index contributed by atoms with van der Waals surface area (Å²) < 4.78 is 0. The number of nitrogens with zero attached hydrogens (tertiary/aromatic N) is 10. The van der Waals surface area contributed by atoms with Crippen molar-refractivity contribution in [3.05, 3.63) is 288 Å². The number of aromatic hydroxyl groups is 5. The second kappa shape index (κ2) is 44.3. The minimum Gasteiger partial charge on any atom is -0.507 e. The lowest BCUT2D eigenvalue weighted by molar-refractivity contribution is 0.0219. The van der Waals surface area contributed by atoms with Crippen LogP contribution in [-0.2, 0) is 6.42 Å². The number of benzene rings is 12. The quantitative estimate of drug-likeness (QED) is 0.0280. The van der Waals surface area contributed by atoms with Gasteiger partial charge in [0, 0.05) is 108 Å². The number of fused-ring (bicyclic) bond motifs is 5. The van der Waals surface area contributed by atoms with Crippen molar-refractivity contribution in [2.75, 3.05) is 92.0 Å². The second-order valence-corrected chi connectivity index (χ2v) is 39.8. The number of anilines is 5. The summed E-state index contributed by atoms with van der Waals surface area (Å²) in [6.45, 7) is 28.3. The van der Waals surface area contributed by atoms with Crippen LogP contribution in [0.5, 0.6) is 28.7 Å². The molecule has 0 spiro atoms. The molecule has 5 aliphatic rings. The van der Waals surface area contributed by atoms with Crippen LogP contribution < -0.4 is 53.2 Å². The van der Waals surface area contributed by atoms with Crippen LogP contribution in [-0.4, -0.2) is 198 Å².